The van der Waals surface area contributed by atoms with Gasteiger partial charge in [-0.15, -0.1) is 0 Å². The number of aromatic nitrogens is 4. The number of fused-ring (bicyclic) bond motifs is 2. The molecular formula is C30H28ClF3N6O5. The summed E-state index contributed by atoms with van der Waals surface area (Å²) in [7, 11) is 0. The molecule has 5 rings (SSSR count). The summed E-state index contributed by atoms with van der Waals surface area (Å²) in [5.41, 5.74) is 7.20. The van der Waals surface area contributed by atoms with E-state index in [2.05, 4.69) is 19.8 Å². The fourth-order valence-electron chi connectivity index (χ4n) is 5.13. The van der Waals surface area contributed by atoms with E-state index in [1.807, 2.05) is 0 Å². The van der Waals surface area contributed by atoms with E-state index in [1.165, 1.54) is 15.8 Å². The van der Waals surface area contributed by atoms with Crippen molar-refractivity contribution in [2.24, 2.45) is 5.73 Å². The first-order valence-electron chi connectivity index (χ1n) is 13.8. The molecule has 1 aliphatic heterocycles. The van der Waals surface area contributed by atoms with Gasteiger partial charge in [-0.3, -0.25) is 19.4 Å². The van der Waals surface area contributed by atoms with Crippen molar-refractivity contribution in [3.05, 3.63) is 70.4 Å². The molecule has 0 fully saturated rings. The molecule has 2 amide bonds. The summed E-state index contributed by atoms with van der Waals surface area (Å²) in [4.78, 5) is 47.1. The number of alkyl halides is 2. The number of carbonyl (C=O) groups excluding carboxylic acids is 3. The van der Waals surface area contributed by atoms with Crippen molar-refractivity contribution < 1.29 is 37.0 Å². The lowest BCUT2D eigenvalue weighted by Crippen LogP contribution is -2.45. The number of hydrogen-bond acceptors (Lipinski definition) is 8. The van der Waals surface area contributed by atoms with Crippen LogP contribution in [0.3, 0.4) is 0 Å². The Morgan fingerprint density at radius 2 is 1.89 bits per heavy atom. The van der Waals surface area contributed by atoms with Crippen molar-refractivity contribution in [1.29, 1.82) is 0 Å². The average molecular weight is 645 g/mol. The molecule has 45 heavy (non-hydrogen) atoms. The Morgan fingerprint density at radius 3 is 2.56 bits per heavy atom. The lowest BCUT2D eigenvalue weighted by molar-refractivity contribution is -0.155. The van der Waals surface area contributed by atoms with Gasteiger partial charge in [0.2, 0.25) is 11.9 Å². The summed E-state index contributed by atoms with van der Waals surface area (Å²) >= 11 is 6.28. The second-order valence-corrected chi connectivity index (χ2v) is 11.8. The molecule has 11 nitrogen and oxygen atoms in total. The van der Waals surface area contributed by atoms with Gasteiger partial charge in [-0.25, -0.2) is 4.68 Å². The summed E-state index contributed by atoms with van der Waals surface area (Å²) < 4.78 is 51.0. The SMILES string of the molecule is CC(C)(C)OC(=O)CC[C@@H](C(N)=O)N1Cc2cc(Cn3ncc4c(-c5ncc(OC(F)F)cc5Cl)cc(F)nc43)ccc2C1=O. The number of amides is 2. The largest absolute Gasteiger partial charge is 0.460 e. The number of nitrogens with two attached hydrogens (primary N) is 1. The topological polar surface area (TPSA) is 143 Å². The van der Waals surface area contributed by atoms with Gasteiger partial charge in [-0.1, -0.05) is 23.7 Å². The number of rotatable bonds is 10. The van der Waals surface area contributed by atoms with Crippen molar-refractivity contribution in [3.8, 4) is 17.0 Å². The van der Waals surface area contributed by atoms with Crippen LogP contribution in [-0.2, 0) is 27.4 Å². The van der Waals surface area contributed by atoms with Gasteiger partial charge in [0, 0.05) is 41.6 Å². The molecule has 0 bridgehead atoms. The molecular weight excluding hydrogens is 617 g/mol. The standard InChI is InChI=1S/C30H28ClF3N6O5/c1-30(2,3)45-24(41)7-6-22(26(35)42)39-14-16-8-15(4-5-18(16)28(39)43)13-40-27-20(12-37-40)19(10-23(32)38-27)25-21(31)9-17(11-36-25)44-29(33)34/h4-5,8-12,22,29H,6-7,13-14H2,1-3H3,(H2,35,42)/t22-/m0/s1. The van der Waals surface area contributed by atoms with Crippen LogP contribution in [0.4, 0.5) is 13.2 Å². The molecule has 4 aromatic rings. The predicted molar refractivity (Wildman–Crippen MR) is 156 cm³/mol. The first-order chi connectivity index (χ1) is 21.2. The predicted octanol–water partition coefficient (Wildman–Crippen LogP) is 4.87. The molecule has 15 heteroatoms. The summed E-state index contributed by atoms with van der Waals surface area (Å²) in [5, 5.41) is 4.72. The smallest absolute Gasteiger partial charge is 0.387 e. The molecule has 0 unspecified atom stereocenters. The van der Waals surface area contributed by atoms with Crippen LogP contribution in [0.25, 0.3) is 22.3 Å². The average Bonchev–Trinajstić information content (AvgIpc) is 3.47. The minimum absolute atomic E-state index is 0.0104. The Morgan fingerprint density at radius 1 is 1.13 bits per heavy atom. The number of esters is 1. The molecule has 1 aromatic carbocycles. The number of primary amides is 1. The molecule has 1 atom stereocenters. The van der Waals surface area contributed by atoms with Crippen molar-refractivity contribution in [2.75, 3.05) is 0 Å². The van der Waals surface area contributed by atoms with Gasteiger partial charge >= 0.3 is 12.6 Å². The first-order valence-corrected chi connectivity index (χ1v) is 14.1. The summed E-state index contributed by atoms with van der Waals surface area (Å²) in [6, 6.07) is 6.35. The summed E-state index contributed by atoms with van der Waals surface area (Å²) in [6.07, 6.45) is 2.43. The van der Waals surface area contributed by atoms with Crippen LogP contribution in [0.1, 0.15) is 55.1 Å². The fraction of sp³-hybridized carbons (Fsp3) is 0.333. The van der Waals surface area contributed by atoms with Gasteiger partial charge in [-0.2, -0.15) is 23.3 Å². The highest BCUT2D eigenvalue weighted by Crippen LogP contribution is 2.34. The molecule has 0 saturated carbocycles. The Kier molecular flexibility index (Phi) is 8.70. The zero-order valence-corrected chi connectivity index (χ0v) is 25.1. The summed E-state index contributed by atoms with van der Waals surface area (Å²) in [5.74, 6) is -2.73. The molecule has 1 aliphatic rings. The molecule has 236 valence electrons. The van der Waals surface area contributed by atoms with Crippen LogP contribution in [0.2, 0.25) is 5.02 Å². The highest BCUT2D eigenvalue weighted by molar-refractivity contribution is 6.33. The lowest BCUT2D eigenvalue weighted by Gasteiger charge is -2.25. The number of pyridine rings is 2. The summed E-state index contributed by atoms with van der Waals surface area (Å²) in [6.45, 7) is 2.36. The van der Waals surface area contributed by atoms with E-state index < -0.39 is 42.0 Å². The molecule has 2 N–H and O–H groups in total. The fourth-order valence-corrected chi connectivity index (χ4v) is 5.39. The second-order valence-electron chi connectivity index (χ2n) is 11.4. The van der Waals surface area contributed by atoms with E-state index in [9.17, 15) is 27.6 Å². The number of nitrogens with zero attached hydrogens (tertiary/aromatic N) is 5. The quantitative estimate of drug-likeness (QED) is 0.190. The van der Waals surface area contributed by atoms with Gasteiger partial charge in [0.15, 0.2) is 5.65 Å². The maximum Gasteiger partial charge on any atom is 0.387 e. The Labute approximate surface area is 260 Å². The molecule has 0 spiro atoms. The Bertz CT molecular complexity index is 1810. The van der Waals surface area contributed by atoms with Crippen LogP contribution in [0, 0.1) is 5.95 Å². The van der Waals surface area contributed by atoms with Gasteiger partial charge in [-0.05, 0) is 44.4 Å². The monoisotopic (exact) mass is 644 g/mol. The van der Waals surface area contributed by atoms with Gasteiger partial charge in [0.25, 0.3) is 5.91 Å². The van der Waals surface area contributed by atoms with E-state index in [1.54, 1.807) is 39.0 Å². The Hall–Kier alpha value is -4.72. The van der Waals surface area contributed by atoms with E-state index in [0.717, 1.165) is 18.3 Å². The van der Waals surface area contributed by atoms with Crippen LogP contribution in [0.5, 0.6) is 5.75 Å². The van der Waals surface area contributed by atoms with E-state index in [0.29, 0.717) is 22.1 Å². The Balaban J connectivity index is 1.37. The van der Waals surface area contributed by atoms with Crippen molar-refractivity contribution >= 4 is 40.4 Å². The van der Waals surface area contributed by atoms with Crippen LogP contribution in [-0.4, -0.2) is 60.7 Å². The van der Waals surface area contributed by atoms with Crippen LogP contribution >= 0.6 is 11.6 Å². The van der Waals surface area contributed by atoms with Gasteiger partial charge in [0.1, 0.15) is 17.4 Å². The molecule has 4 heterocycles. The minimum Gasteiger partial charge on any atom is -0.460 e. The van der Waals surface area contributed by atoms with Gasteiger partial charge in [0.05, 0.1) is 29.7 Å². The van der Waals surface area contributed by atoms with E-state index in [-0.39, 0.29) is 53.6 Å². The zero-order chi connectivity index (χ0) is 32.6. The van der Waals surface area contributed by atoms with E-state index >= 15 is 0 Å². The highest BCUT2D eigenvalue weighted by Gasteiger charge is 2.36. The normalized spacial score (nSPS) is 13.8. The number of halogens is 4. The maximum atomic E-state index is 14.7. The minimum atomic E-state index is -3.06. The van der Waals surface area contributed by atoms with Crippen LogP contribution < -0.4 is 10.5 Å². The molecule has 0 saturated heterocycles. The number of hydrogen-bond donors (Lipinski definition) is 1. The number of ether oxygens (including phenoxy) is 2. The molecule has 0 aliphatic carbocycles. The third kappa shape index (κ3) is 7.00. The third-order valence-electron chi connectivity index (χ3n) is 6.95. The first kappa shape index (κ1) is 31.7. The highest BCUT2D eigenvalue weighted by atomic mass is 35.5. The van der Waals surface area contributed by atoms with Gasteiger partial charge < -0.3 is 20.1 Å². The molecule has 3 aromatic heterocycles. The number of benzene rings is 1. The second kappa shape index (κ2) is 12.3. The maximum absolute atomic E-state index is 14.7. The molecule has 0 radical (unpaired) electrons. The van der Waals surface area contributed by atoms with Crippen molar-refractivity contribution in [2.45, 2.75) is 65.0 Å². The zero-order valence-electron chi connectivity index (χ0n) is 24.4. The van der Waals surface area contributed by atoms with E-state index in [4.69, 9.17) is 22.1 Å². The third-order valence-corrected chi connectivity index (χ3v) is 7.24. The van der Waals surface area contributed by atoms with Crippen molar-refractivity contribution in [3.63, 3.8) is 0 Å². The van der Waals surface area contributed by atoms with Crippen molar-refractivity contribution in [1.82, 2.24) is 24.6 Å². The lowest BCUT2D eigenvalue weighted by atomic mass is 10.1. The number of carbonyl (C=O) groups is 3. The van der Waals surface area contributed by atoms with Crippen LogP contribution in [0.15, 0.2) is 42.7 Å².